The molecule has 1 aromatic rings. The summed E-state index contributed by atoms with van der Waals surface area (Å²) in [4.78, 5) is 1.90. The van der Waals surface area contributed by atoms with Crippen LogP contribution >= 0.6 is 0 Å². The molecule has 0 saturated heterocycles. The molecule has 0 saturated carbocycles. The van der Waals surface area contributed by atoms with Gasteiger partial charge in [-0.15, -0.1) is 0 Å². The molecule has 0 heterocycles. The third-order valence-corrected chi connectivity index (χ3v) is 3.04. The van der Waals surface area contributed by atoms with E-state index in [2.05, 4.69) is 0 Å². The van der Waals surface area contributed by atoms with Gasteiger partial charge in [-0.2, -0.15) is 13.2 Å². The highest BCUT2D eigenvalue weighted by atomic mass is 19.4. The van der Waals surface area contributed by atoms with Crippen molar-refractivity contribution < 1.29 is 22.6 Å². The summed E-state index contributed by atoms with van der Waals surface area (Å²) in [6, 6.07) is 3.41. The van der Waals surface area contributed by atoms with Crippen LogP contribution in [0.25, 0.3) is 0 Å². The molecule has 7 heteroatoms. The van der Waals surface area contributed by atoms with Gasteiger partial charge in [0.1, 0.15) is 0 Å². The van der Waals surface area contributed by atoms with Crippen molar-refractivity contribution in [1.29, 1.82) is 0 Å². The normalized spacial score (nSPS) is 11.7. The fourth-order valence-electron chi connectivity index (χ4n) is 1.97. The number of hydrogen-bond donors (Lipinski definition) is 1. The molecule has 120 valence electrons. The quantitative estimate of drug-likeness (QED) is 0.592. The number of halogens is 3. The summed E-state index contributed by atoms with van der Waals surface area (Å²) in [6.07, 6.45) is -3.64. The van der Waals surface area contributed by atoms with Crippen molar-refractivity contribution in [2.24, 2.45) is 0 Å². The second-order valence-corrected chi connectivity index (χ2v) is 4.60. The first-order valence-corrected chi connectivity index (χ1v) is 6.59. The van der Waals surface area contributed by atoms with Crippen LogP contribution in [-0.4, -0.2) is 40.5 Å². The van der Waals surface area contributed by atoms with Crippen LogP contribution in [0.3, 0.4) is 0 Å². The van der Waals surface area contributed by atoms with Crippen molar-refractivity contribution in [3.63, 3.8) is 0 Å². The van der Waals surface area contributed by atoms with E-state index in [1.807, 2.05) is 4.90 Å². The molecule has 2 N–H and O–H groups in total. The smallest absolute Gasteiger partial charge is 0.397 e. The number of nitrogen functional groups attached to an aromatic ring is 1. The predicted molar refractivity (Wildman–Crippen MR) is 76.4 cm³/mol. The Hall–Kier alpha value is -1.47. The van der Waals surface area contributed by atoms with E-state index in [4.69, 9.17) is 15.2 Å². The van der Waals surface area contributed by atoms with Gasteiger partial charge in [-0.1, -0.05) is 0 Å². The Kier molecular flexibility index (Phi) is 6.77. The molecule has 0 bridgehead atoms. The van der Waals surface area contributed by atoms with Gasteiger partial charge in [-0.05, 0) is 24.6 Å². The van der Waals surface area contributed by atoms with E-state index < -0.39 is 11.7 Å². The fraction of sp³-hybridized carbons (Fsp3) is 0.571. The van der Waals surface area contributed by atoms with Crippen LogP contribution in [0.1, 0.15) is 12.0 Å². The molecule has 4 nitrogen and oxygen atoms in total. The minimum atomic E-state index is -4.39. The maximum Gasteiger partial charge on any atom is 0.416 e. The fourth-order valence-corrected chi connectivity index (χ4v) is 1.97. The topological polar surface area (TPSA) is 47.7 Å². The first-order valence-electron chi connectivity index (χ1n) is 6.59. The Bertz CT molecular complexity index is 439. The zero-order valence-corrected chi connectivity index (χ0v) is 12.2. The van der Waals surface area contributed by atoms with Crippen LogP contribution in [0.2, 0.25) is 0 Å². The summed E-state index contributed by atoms with van der Waals surface area (Å²) in [7, 11) is 3.18. The lowest BCUT2D eigenvalue weighted by Gasteiger charge is -2.26. The number of nitrogens with zero attached hydrogens (tertiary/aromatic N) is 1. The molecule has 0 aliphatic carbocycles. The van der Waals surface area contributed by atoms with Gasteiger partial charge < -0.3 is 20.1 Å². The van der Waals surface area contributed by atoms with E-state index >= 15 is 0 Å². The van der Waals surface area contributed by atoms with E-state index in [0.717, 1.165) is 18.6 Å². The molecule has 0 amide bonds. The van der Waals surface area contributed by atoms with Crippen molar-refractivity contribution in [2.45, 2.75) is 12.6 Å². The van der Waals surface area contributed by atoms with Crippen molar-refractivity contribution in [3.05, 3.63) is 23.8 Å². The van der Waals surface area contributed by atoms with E-state index in [0.29, 0.717) is 32.0 Å². The Labute approximate surface area is 122 Å². The Morgan fingerprint density at radius 3 is 2.29 bits per heavy atom. The van der Waals surface area contributed by atoms with Gasteiger partial charge in [-0.3, -0.25) is 0 Å². The van der Waals surface area contributed by atoms with E-state index in [-0.39, 0.29) is 5.69 Å². The second kappa shape index (κ2) is 8.09. The summed E-state index contributed by atoms with van der Waals surface area (Å²) in [6.45, 7) is 2.22. The summed E-state index contributed by atoms with van der Waals surface area (Å²) in [5, 5.41) is 0. The summed E-state index contributed by atoms with van der Waals surface area (Å²) in [5.74, 6) is 0. The van der Waals surface area contributed by atoms with Crippen LogP contribution in [0.4, 0.5) is 24.5 Å². The number of ether oxygens (including phenoxy) is 2. The molecule has 0 spiro atoms. The van der Waals surface area contributed by atoms with Crippen molar-refractivity contribution in [2.75, 3.05) is 51.2 Å². The lowest BCUT2D eigenvalue weighted by Crippen LogP contribution is -2.29. The van der Waals surface area contributed by atoms with Crippen molar-refractivity contribution in [1.82, 2.24) is 0 Å². The number of alkyl halides is 3. The number of methoxy groups -OCH3 is 2. The Morgan fingerprint density at radius 1 is 1.10 bits per heavy atom. The summed E-state index contributed by atoms with van der Waals surface area (Å²) >= 11 is 0. The first kappa shape index (κ1) is 17.6. The summed E-state index contributed by atoms with van der Waals surface area (Å²) < 4.78 is 48.0. The van der Waals surface area contributed by atoms with E-state index in [1.54, 1.807) is 14.2 Å². The van der Waals surface area contributed by atoms with Crippen LogP contribution in [0.15, 0.2) is 18.2 Å². The van der Waals surface area contributed by atoms with E-state index in [9.17, 15) is 13.2 Å². The van der Waals surface area contributed by atoms with Gasteiger partial charge >= 0.3 is 6.18 Å². The van der Waals surface area contributed by atoms with Gasteiger partial charge in [0.2, 0.25) is 0 Å². The maximum absolute atomic E-state index is 12.6. The van der Waals surface area contributed by atoms with Crippen LogP contribution in [0.5, 0.6) is 0 Å². The molecule has 1 rings (SSSR count). The van der Waals surface area contributed by atoms with E-state index in [1.165, 1.54) is 6.07 Å². The number of anilines is 2. The molecular formula is C14H21F3N2O2. The predicted octanol–water partition coefficient (Wildman–Crippen LogP) is 2.78. The minimum absolute atomic E-state index is 0.110. The number of benzene rings is 1. The zero-order valence-electron chi connectivity index (χ0n) is 12.2. The monoisotopic (exact) mass is 306 g/mol. The second-order valence-electron chi connectivity index (χ2n) is 4.60. The molecule has 0 unspecified atom stereocenters. The lowest BCUT2D eigenvalue weighted by atomic mass is 10.1. The molecule has 0 fully saturated rings. The highest BCUT2D eigenvalue weighted by Gasteiger charge is 2.31. The number of rotatable bonds is 8. The largest absolute Gasteiger partial charge is 0.416 e. The van der Waals surface area contributed by atoms with Gasteiger partial charge in [0, 0.05) is 33.9 Å². The molecule has 0 radical (unpaired) electrons. The summed E-state index contributed by atoms with van der Waals surface area (Å²) in [5.41, 5.74) is 5.73. The lowest BCUT2D eigenvalue weighted by molar-refractivity contribution is -0.137. The van der Waals surface area contributed by atoms with Crippen molar-refractivity contribution >= 4 is 11.4 Å². The minimum Gasteiger partial charge on any atom is -0.397 e. The molecular weight excluding hydrogens is 285 g/mol. The number of nitrogens with two attached hydrogens (primary N) is 1. The SMILES string of the molecule is COCCCN(CCOC)c1ccc(C(F)(F)F)cc1N. The number of hydrogen-bond acceptors (Lipinski definition) is 4. The molecule has 1 aromatic carbocycles. The molecule has 0 atom stereocenters. The van der Waals surface area contributed by atoms with Gasteiger partial charge in [0.25, 0.3) is 0 Å². The average Bonchev–Trinajstić information content (AvgIpc) is 2.42. The van der Waals surface area contributed by atoms with Gasteiger partial charge in [0.05, 0.1) is 23.5 Å². The highest BCUT2D eigenvalue weighted by Crippen LogP contribution is 2.34. The molecule has 0 aliphatic heterocycles. The average molecular weight is 306 g/mol. The molecule has 0 aliphatic rings. The van der Waals surface area contributed by atoms with Gasteiger partial charge in [-0.25, -0.2) is 0 Å². The molecule has 0 aromatic heterocycles. The Morgan fingerprint density at radius 2 is 1.76 bits per heavy atom. The molecule has 21 heavy (non-hydrogen) atoms. The van der Waals surface area contributed by atoms with Crippen molar-refractivity contribution in [3.8, 4) is 0 Å². The highest BCUT2D eigenvalue weighted by molar-refractivity contribution is 5.68. The standard InChI is InChI=1S/C14H21F3N2O2/c1-20-8-3-6-19(7-9-21-2)13-5-4-11(10-12(13)18)14(15,16)17/h4-5,10H,3,6-9,18H2,1-2H3. The van der Waals surface area contributed by atoms with Crippen LogP contribution in [0, 0.1) is 0 Å². The zero-order chi connectivity index (χ0) is 15.9. The van der Waals surface area contributed by atoms with Crippen LogP contribution in [-0.2, 0) is 15.7 Å². The van der Waals surface area contributed by atoms with Crippen LogP contribution < -0.4 is 10.6 Å². The maximum atomic E-state index is 12.6. The third-order valence-electron chi connectivity index (χ3n) is 3.04. The third kappa shape index (κ3) is 5.43. The first-order chi connectivity index (χ1) is 9.90. The Balaban J connectivity index is 2.90. The van der Waals surface area contributed by atoms with Gasteiger partial charge in [0.15, 0.2) is 0 Å².